The van der Waals surface area contributed by atoms with Crippen molar-refractivity contribution in [1.82, 2.24) is 5.32 Å². The highest BCUT2D eigenvalue weighted by atomic mass is 35.5. The molecule has 5 nitrogen and oxygen atoms in total. The number of hydrogen-bond donors (Lipinski definition) is 2. The second-order valence-electron chi connectivity index (χ2n) is 6.40. The van der Waals surface area contributed by atoms with Crippen molar-refractivity contribution in [3.8, 4) is 0 Å². The summed E-state index contributed by atoms with van der Waals surface area (Å²) < 4.78 is 0. The highest BCUT2D eigenvalue weighted by Gasteiger charge is 2.37. The van der Waals surface area contributed by atoms with Gasteiger partial charge >= 0.3 is 0 Å². The number of anilines is 1. The van der Waals surface area contributed by atoms with Crippen LogP contribution in [0.25, 0.3) is 0 Å². The molecule has 0 spiro atoms. The van der Waals surface area contributed by atoms with Gasteiger partial charge < -0.3 is 16.0 Å². The average Bonchev–Trinajstić information content (AvgIpc) is 3.14. The van der Waals surface area contributed by atoms with Crippen LogP contribution in [0, 0.1) is 11.8 Å². The van der Waals surface area contributed by atoms with Crippen LogP contribution in [-0.4, -0.2) is 30.9 Å². The van der Waals surface area contributed by atoms with Crippen molar-refractivity contribution in [2.45, 2.75) is 31.7 Å². The third-order valence-corrected chi connectivity index (χ3v) is 5.25. The number of nitrogens with zero attached hydrogens (tertiary/aromatic N) is 1. The number of para-hydroxylation sites is 1. The van der Waals surface area contributed by atoms with E-state index in [-0.39, 0.29) is 30.2 Å². The maximum absolute atomic E-state index is 12.5. The molecule has 0 aromatic heterocycles. The van der Waals surface area contributed by atoms with Gasteiger partial charge in [-0.15, -0.1) is 0 Å². The number of benzene rings is 1. The molecule has 1 heterocycles. The SMILES string of the molecule is NC[C@@H]1CCC[C@H]1NC(=O)[C@@H]1CC(=O)N(c2ccccc2Cl)C1. The van der Waals surface area contributed by atoms with E-state index in [9.17, 15) is 9.59 Å². The Bertz CT molecular complexity index is 607. The molecule has 0 unspecified atom stereocenters. The summed E-state index contributed by atoms with van der Waals surface area (Å²) in [4.78, 5) is 26.4. The van der Waals surface area contributed by atoms with Crippen molar-refractivity contribution in [3.05, 3.63) is 29.3 Å². The standard InChI is InChI=1S/C17H22ClN3O2/c18-13-5-1-2-7-15(13)21-10-12(8-16(21)22)17(23)20-14-6-3-4-11(14)9-19/h1-2,5,7,11-12,14H,3-4,6,8-10,19H2,(H,20,23)/t11-,12+,14+/m0/s1. The molecule has 2 aliphatic rings. The van der Waals surface area contributed by atoms with Gasteiger partial charge in [-0.2, -0.15) is 0 Å². The highest BCUT2D eigenvalue weighted by molar-refractivity contribution is 6.33. The van der Waals surface area contributed by atoms with Crippen LogP contribution >= 0.6 is 11.6 Å². The van der Waals surface area contributed by atoms with Crippen LogP contribution in [0.2, 0.25) is 5.02 Å². The molecule has 2 fully saturated rings. The molecule has 6 heteroatoms. The predicted octanol–water partition coefficient (Wildman–Crippen LogP) is 1.94. The molecule has 2 amide bonds. The molecule has 1 saturated carbocycles. The fourth-order valence-corrected chi connectivity index (χ4v) is 3.83. The van der Waals surface area contributed by atoms with Gasteiger partial charge in [-0.05, 0) is 37.4 Å². The molecule has 3 rings (SSSR count). The van der Waals surface area contributed by atoms with Crippen molar-refractivity contribution in [2.24, 2.45) is 17.6 Å². The monoisotopic (exact) mass is 335 g/mol. The molecule has 0 radical (unpaired) electrons. The lowest BCUT2D eigenvalue weighted by Crippen LogP contribution is -2.43. The van der Waals surface area contributed by atoms with Crippen LogP contribution in [0.5, 0.6) is 0 Å². The van der Waals surface area contributed by atoms with Crippen LogP contribution in [-0.2, 0) is 9.59 Å². The zero-order valence-electron chi connectivity index (χ0n) is 13.0. The molecule has 124 valence electrons. The van der Waals surface area contributed by atoms with E-state index in [0.29, 0.717) is 29.7 Å². The molecule has 23 heavy (non-hydrogen) atoms. The Morgan fingerprint density at radius 2 is 2.13 bits per heavy atom. The minimum Gasteiger partial charge on any atom is -0.353 e. The average molecular weight is 336 g/mol. The maximum atomic E-state index is 12.5. The molecule has 3 N–H and O–H groups in total. The summed E-state index contributed by atoms with van der Waals surface area (Å²) in [5.74, 6) is -0.0631. The Balaban J connectivity index is 1.65. The third-order valence-electron chi connectivity index (χ3n) is 4.93. The van der Waals surface area contributed by atoms with Gasteiger partial charge in [0.05, 0.1) is 16.6 Å². The normalized spacial score (nSPS) is 27.5. The number of carbonyl (C=O) groups excluding carboxylic acids is 2. The van der Waals surface area contributed by atoms with Gasteiger partial charge in [0.1, 0.15) is 0 Å². The van der Waals surface area contributed by atoms with Crippen molar-refractivity contribution in [1.29, 1.82) is 0 Å². The first-order valence-electron chi connectivity index (χ1n) is 8.15. The van der Waals surface area contributed by atoms with Gasteiger partial charge in [0.2, 0.25) is 11.8 Å². The van der Waals surface area contributed by atoms with E-state index in [4.69, 9.17) is 17.3 Å². The number of rotatable bonds is 4. The molecule has 1 aromatic carbocycles. The molecule has 0 bridgehead atoms. The van der Waals surface area contributed by atoms with Gasteiger partial charge in [-0.1, -0.05) is 30.2 Å². The third kappa shape index (κ3) is 3.35. The molecular weight excluding hydrogens is 314 g/mol. The Morgan fingerprint density at radius 1 is 1.35 bits per heavy atom. The van der Waals surface area contributed by atoms with E-state index in [2.05, 4.69) is 5.32 Å². The number of nitrogens with one attached hydrogen (secondary N) is 1. The topological polar surface area (TPSA) is 75.4 Å². The summed E-state index contributed by atoms with van der Waals surface area (Å²) in [7, 11) is 0. The first-order valence-corrected chi connectivity index (χ1v) is 8.53. The predicted molar refractivity (Wildman–Crippen MR) is 90.2 cm³/mol. The second kappa shape index (κ2) is 6.89. The van der Waals surface area contributed by atoms with E-state index in [1.807, 2.05) is 18.2 Å². The van der Waals surface area contributed by atoms with Crippen LogP contribution in [0.15, 0.2) is 24.3 Å². The van der Waals surface area contributed by atoms with Crippen molar-refractivity contribution in [3.63, 3.8) is 0 Å². The zero-order valence-corrected chi connectivity index (χ0v) is 13.8. The van der Waals surface area contributed by atoms with Crippen LogP contribution in [0.1, 0.15) is 25.7 Å². The summed E-state index contributed by atoms with van der Waals surface area (Å²) in [6.07, 6.45) is 3.37. The first kappa shape index (κ1) is 16.3. The van der Waals surface area contributed by atoms with E-state index in [0.717, 1.165) is 19.3 Å². The lowest BCUT2D eigenvalue weighted by atomic mass is 10.0. The quantitative estimate of drug-likeness (QED) is 0.883. The van der Waals surface area contributed by atoms with Gasteiger partial charge in [0.25, 0.3) is 0 Å². The highest BCUT2D eigenvalue weighted by Crippen LogP contribution is 2.31. The maximum Gasteiger partial charge on any atom is 0.227 e. The van der Waals surface area contributed by atoms with Crippen LogP contribution in [0.4, 0.5) is 5.69 Å². The zero-order chi connectivity index (χ0) is 16.4. The largest absolute Gasteiger partial charge is 0.353 e. The van der Waals surface area contributed by atoms with Crippen molar-refractivity contribution in [2.75, 3.05) is 18.0 Å². The van der Waals surface area contributed by atoms with Gasteiger partial charge in [-0.3, -0.25) is 9.59 Å². The molecule has 3 atom stereocenters. The Kier molecular flexibility index (Phi) is 4.87. The summed E-state index contributed by atoms with van der Waals surface area (Å²) in [5, 5.41) is 3.63. The van der Waals surface area contributed by atoms with Gasteiger partial charge in [0, 0.05) is 19.0 Å². The Hall–Kier alpha value is -1.59. The van der Waals surface area contributed by atoms with E-state index in [1.54, 1.807) is 11.0 Å². The molecular formula is C17H22ClN3O2. The molecule has 1 aliphatic carbocycles. The molecule has 1 saturated heterocycles. The number of hydrogen-bond acceptors (Lipinski definition) is 3. The fraction of sp³-hybridized carbons (Fsp3) is 0.529. The van der Waals surface area contributed by atoms with E-state index < -0.39 is 0 Å². The molecule has 1 aromatic rings. The van der Waals surface area contributed by atoms with E-state index >= 15 is 0 Å². The summed E-state index contributed by atoms with van der Waals surface area (Å²) in [6.45, 7) is 0.981. The fourth-order valence-electron chi connectivity index (χ4n) is 3.60. The summed E-state index contributed by atoms with van der Waals surface area (Å²) in [6, 6.07) is 7.37. The first-order chi connectivity index (χ1) is 11.1. The van der Waals surface area contributed by atoms with Gasteiger partial charge in [0.15, 0.2) is 0 Å². The van der Waals surface area contributed by atoms with Crippen molar-refractivity contribution < 1.29 is 9.59 Å². The number of amides is 2. The second-order valence-corrected chi connectivity index (χ2v) is 6.81. The van der Waals surface area contributed by atoms with Crippen molar-refractivity contribution >= 4 is 29.1 Å². The minimum atomic E-state index is -0.321. The Labute approximate surface area is 141 Å². The molecule has 1 aliphatic heterocycles. The summed E-state index contributed by atoms with van der Waals surface area (Å²) in [5.41, 5.74) is 6.44. The summed E-state index contributed by atoms with van der Waals surface area (Å²) >= 11 is 6.16. The van der Waals surface area contributed by atoms with Crippen LogP contribution < -0.4 is 16.0 Å². The Morgan fingerprint density at radius 3 is 2.87 bits per heavy atom. The number of carbonyl (C=O) groups is 2. The van der Waals surface area contributed by atoms with E-state index in [1.165, 1.54) is 0 Å². The lowest BCUT2D eigenvalue weighted by molar-refractivity contribution is -0.127. The number of nitrogens with two attached hydrogens (primary N) is 1. The smallest absolute Gasteiger partial charge is 0.227 e. The number of halogens is 1. The minimum absolute atomic E-state index is 0.0433. The van der Waals surface area contributed by atoms with Gasteiger partial charge in [-0.25, -0.2) is 0 Å². The lowest BCUT2D eigenvalue weighted by Gasteiger charge is -2.22. The van der Waals surface area contributed by atoms with Crippen LogP contribution in [0.3, 0.4) is 0 Å².